The monoisotopic (exact) mass is 189 g/mol. The molecule has 0 aliphatic rings. The zero-order chi connectivity index (χ0) is 8.10. The third kappa shape index (κ3) is 2.96. The lowest BCUT2D eigenvalue weighted by Gasteiger charge is -1.89. The van der Waals surface area contributed by atoms with Crippen molar-refractivity contribution in [2.45, 2.75) is 0 Å². The molecule has 0 aromatic heterocycles. The van der Waals surface area contributed by atoms with Gasteiger partial charge >= 0.3 is 15.8 Å². The zero-order valence-electron chi connectivity index (χ0n) is 5.58. The standard InChI is InChI=1S/C6H7O3P2/c7-10-11(8)9-6-4-2-1-3-5-6/h1-5,7-8H/q+1. The van der Waals surface area contributed by atoms with Crippen LogP contribution >= 0.6 is 15.8 Å². The van der Waals surface area contributed by atoms with Crippen LogP contribution in [-0.2, 0) is 0 Å². The first kappa shape index (κ1) is 8.63. The molecule has 1 rings (SSSR count). The molecule has 1 aromatic rings. The summed E-state index contributed by atoms with van der Waals surface area (Å²) in [5.74, 6) is 0.572. The minimum absolute atomic E-state index is 0.114. The molecule has 1 aromatic carbocycles. The third-order valence-corrected chi connectivity index (χ3v) is 2.24. The predicted molar refractivity (Wildman–Crippen MR) is 45.3 cm³/mol. The molecule has 0 saturated heterocycles. The Morgan fingerprint density at radius 1 is 1.27 bits per heavy atom. The summed E-state index contributed by atoms with van der Waals surface area (Å²) in [6.07, 6.45) is 0. The third-order valence-electron chi connectivity index (χ3n) is 1.01. The number of benzene rings is 1. The lowest BCUT2D eigenvalue weighted by molar-refractivity contribution is 0.507. The van der Waals surface area contributed by atoms with E-state index in [-0.39, 0.29) is 8.09 Å². The number of rotatable bonds is 2. The van der Waals surface area contributed by atoms with Crippen LogP contribution in [0.2, 0.25) is 0 Å². The van der Waals surface area contributed by atoms with Gasteiger partial charge in [-0.15, -0.1) is 0 Å². The minimum atomic E-state index is -1.73. The second-order valence-corrected chi connectivity index (χ2v) is 4.18. The molecule has 2 N–H and O–H groups in total. The minimum Gasteiger partial charge on any atom is -0.303 e. The van der Waals surface area contributed by atoms with Crippen molar-refractivity contribution >= 4 is 15.8 Å². The van der Waals surface area contributed by atoms with Crippen LogP contribution in [-0.4, -0.2) is 9.79 Å². The highest BCUT2D eigenvalue weighted by molar-refractivity contribution is 7.85. The largest absolute Gasteiger partial charge is 0.531 e. The molecule has 0 amide bonds. The number of hydrogen-bond acceptors (Lipinski definition) is 1. The molecule has 0 radical (unpaired) electrons. The van der Waals surface area contributed by atoms with E-state index in [0.29, 0.717) is 5.75 Å². The maximum absolute atomic E-state index is 8.89. The molecule has 0 saturated carbocycles. The Bertz CT molecular complexity index is 247. The smallest absolute Gasteiger partial charge is 0.303 e. The fourth-order valence-corrected chi connectivity index (χ4v) is 1.33. The molecule has 5 heteroatoms. The van der Waals surface area contributed by atoms with Gasteiger partial charge in [-0.25, -0.2) is 0 Å². The average Bonchev–Trinajstić information content (AvgIpc) is 2.06. The molecular weight excluding hydrogens is 182 g/mol. The summed E-state index contributed by atoms with van der Waals surface area (Å²) in [6.45, 7) is 0. The SMILES string of the molecule is OP=[P+](O)Oc1ccccc1. The van der Waals surface area contributed by atoms with E-state index in [2.05, 4.69) is 0 Å². The first-order valence-electron chi connectivity index (χ1n) is 2.90. The van der Waals surface area contributed by atoms with Gasteiger partial charge in [0, 0.05) is 0 Å². The number of para-hydroxylation sites is 1. The van der Waals surface area contributed by atoms with Gasteiger partial charge in [-0.3, -0.25) is 4.52 Å². The summed E-state index contributed by atoms with van der Waals surface area (Å²) in [7, 11) is -1.84. The van der Waals surface area contributed by atoms with Crippen LogP contribution in [0.4, 0.5) is 0 Å². The van der Waals surface area contributed by atoms with E-state index in [4.69, 9.17) is 14.3 Å². The van der Waals surface area contributed by atoms with Gasteiger partial charge in [-0.2, -0.15) is 4.89 Å². The zero-order valence-corrected chi connectivity index (χ0v) is 7.37. The molecule has 11 heavy (non-hydrogen) atoms. The van der Waals surface area contributed by atoms with Crippen molar-refractivity contribution in [3.8, 4) is 5.75 Å². The second-order valence-electron chi connectivity index (χ2n) is 1.75. The van der Waals surface area contributed by atoms with Crippen LogP contribution in [0.25, 0.3) is 0 Å². The Hall–Kier alpha value is -0.460. The van der Waals surface area contributed by atoms with Crippen LogP contribution in [0.3, 0.4) is 0 Å². The van der Waals surface area contributed by atoms with Crippen molar-refractivity contribution in [1.29, 1.82) is 0 Å². The highest BCUT2D eigenvalue weighted by atomic mass is 31.8. The predicted octanol–water partition coefficient (Wildman–Crippen LogP) is 2.14. The highest BCUT2D eigenvalue weighted by Gasteiger charge is 2.08. The first-order chi connectivity index (χ1) is 5.33. The fourth-order valence-electron chi connectivity index (χ4n) is 0.594. The van der Waals surface area contributed by atoms with Gasteiger partial charge in [0.05, 0.1) is 0 Å². The van der Waals surface area contributed by atoms with Gasteiger partial charge in [-0.05, 0) is 12.1 Å². The molecule has 0 aliphatic heterocycles. The van der Waals surface area contributed by atoms with Gasteiger partial charge in [0.15, 0.2) is 5.75 Å². The second kappa shape index (κ2) is 4.42. The average molecular weight is 189 g/mol. The Labute approximate surface area is 66.9 Å². The first-order valence-corrected chi connectivity index (χ1v) is 5.66. The normalized spacial score (nSPS) is 11.3. The Kier molecular flexibility index (Phi) is 3.47. The van der Waals surface area contributed by atoms with Gasteiger partial charge in [-0.1, -0.05) is 18.2 Å². The van der Waals surface area contributed by atoms with Crippen LogP contribution in [0, 0.1) is 0 Å². The maximum atomic E-state index is 8.89. The van der Waals surface area contributed by atoms with Crippen molar-refractivity contribution < 1.29 is 14.3 Å². The molecule has 0 heterocycles. The Morgan fingerprint density at radius 2 is 1.91 bits per heavy atom. The van der Waals surface area contributed by atoms with Crippen molar-refractivity contribution in [1.82, 2.24) is 0 Å². The van der Waals surface area contributed by atoms with Crippen LogP contribution < -0.4 is 4.52 Å². The van der Waals surface area contributed by atoms with Crippen molar-refractivity contribution in [3.63, 3.8) is 0 Å². The summed E-state index contributed by atoms with van der Waals surface area (Å²) < 4.78 is 4.92. The molecular formula is C6H7O3P2+. The summed E-state index contributed by atoms with van der Waals surface area (Å²) in [5, 5.41) is 0. The van der Waals surface area contributed by atoms with Gasteiger partial charge in [0.25, 0.3) is 0 Å². The molecule has 58 valence electrons. The molecule has 0 aliphatic carbocycles. The summed E-state index contributed by atoms with van der Waals surface area (Å²) in [6, 6.07) is 8.89. The van der Waals surface area contributed by atoms with Crippen molar-refractivity contribution in [2.75, 3.05) is 0 Å². The molecule has 0 spiro atoms. The molecule has 0 bridgehead atoms. The summed E-state index contributed by atoms with van der Waals surface area (Å²) in [5.41, 5.74) is 0. The molecule has 1 atom stereocenters. The lowest BCUT2D eigenvalue weighted by Crippen LogP contribution is -1.76. The van der Waals surface area contributed by atoms with Crippen molar-refractivity contribution in [2.24, 2.45) is 0 Å². The van der Waals surface area contributed by atoms with E-state index in [1.165, 1.54) is 0 Å². The Morgan fingerprint density at radius 3 is 2.45 bits per heavy atom. The number of hydrogen-bond donors (Lipinski definition) is 2. The van der Waals surface area contributed by atoms with Crippen molar-refractivity contribution in [3.05, 3.63) is 30.3 Å². The van der Waals surface area contributed by atoms with E-state index in [9.17, 15) is 0 Å². The fraction of sp³-hybridized carbons (Fsp3) is 0. The van der Waals surface area contributed by atoms with E-state index in [0.717, 1.165) is 0 Å². The van der Waals surface area contributed by atoms with Gasteiger partial charge < -0.3 is 4.89 Å². The van der Waals surface area contributed by atoms with Crippen LogP contribution in [0.5, 0.6) is 5.75 Å². The molecule has 0 fully saturated rings. The topological polar surface area (TPSA) is 49.7 Å². The van der Waals surface area contributed by atoms with Gasteiger partial charge in [0.1, 0.15) is 0 Å². The summed E-state index contributed by atoms with van der Waals surface area (Å²) in [4.78, 5) is 17.3. The van der Waals surface area contributed by atoms with E-state index in [1.807, 2.05) is 6.07 Å². The van der Waals surface area contributed by atoms with E-state index < -0.39 is 7.66 Å². The van der Waals surface area contributed by atoms with Crippen LogP contribution in [0.15, 0.2) is 30.3 Å². The van der Waals surface area contributed by atoms with E-state index >= 15 is 0 Å². The molecule has 3 nitrogen and oxygen atoms in total. The highest BCUT2D eigenvalue weighted by Crippen LogP contribution is 2.31. The van der Waals surface area contributed by atoms with Crippen LogP contribution in [0.1, 0.15) is 0 Å². The van der Waals surface area contributed by atoms with Gasteiger partial charge in [0.2, 0.25) is 0 Å². The molecule has 1 unspecified atom stereocenters. The maximum Gasteiger partial charge on any atom is 0.531 e. The van der Waals surface area contributed by atoms with E-state index in [1.54, 1.807) is 24.3 Å². The Balaban J connectivity index is 2.65. The summed E-state index contributed by atoms with van der Waals surface area (Å²) >= 11 is 0. The lowest BCUT2D eigenvalue weighted by atomic mass is 10.3. The quantitative estimate of drug-likeness (QED) is 0.700.